The Balaban J connectivity index is 2.30. The standard InChI is InChI=1S/C13H13F2N3/c1-8-4-2-3-5-9(8)6-11-17-7-10(16)12(18-11)13(14)15/h2-5,7,13H,6,16H2,1H3. The van der Waals surface area contributed by atoms with Gasteiger partial charge in [-0.25, -0.2) is 18.7 Å². The first-order chi connectivity index (χ1) is 8.58. The van der Waals surface area contributed by atoms with Gasteiger partial charge in [-0.3, -0.25) is 0 Å². The normalized spacial score (nSPS) is 10.9. The van der Waals surface area contributed by atoms with E-state index in [4.69, 9.17) is 5.73 Å². The van der Waals surface area contributed by atoms with Crippen molar-refractivity contribution < 1.29 is 8.78 Å². The van der Waals surface area contributed by atoms with E-state index in [1.165, 1.54) is 6.20 Å². The molecule has 5 heteroatoms. The molecule has 0 aliphatic carbocycles. The van der Waals surface area contributed by atoms with Gasteiger partial charge in [0.2, 0.25) is 0 Å². The third kappa shape index (κ3) is 2.61. The van der Waals surface area contributed by atoms with Gasteiger partial charge in [-0.1, -0.05) is 24.3 Å². The summed E-state index contributed by atoms with van der Waals surface area (Å²) in [6.45, 7) is 1.96. The van der Waals surface area contributed by atoms with Crippen LogP contribution in [-0.4, -0.2) is 9.97 Å². The highest BCUT2D eigenvalue weighted by Gasteiger charge is 2.15. The molecule has 1 heterocycles. The predicted octanol–water partition coefficient (Wildman–Crippen LogP) is 2.90. The minimum atomic E-state index is -2.68. The summed E-state index contributed by atoms with van der Waals surface area (Å²) in [7, 11) is 0. The van der Waals surface area contributed by atoms with Crippen molar-refractivity contribution in [1.29, 1.82) is 0 Å². The summed E-state index contributed by atoms with van der Waals surface area (Å²) in [6, 6.07) is 7.71. The van der Waals surface area contributed by atoms with Gasteiger partial charge in [0, 0.05) is 6.42 Å². The summed E-state index contributed by atoms with van der Waals surface area (Å²) < 4.78 is 25.3. The van der Waals surface area contributed by atoms with E-state index in [0.29, 0.717) is 12.2 Å². The van der Waals surface area contributed by atoms with Crippen LogP contribution in [0.4, 0.5) is 14.5 Å². The van der Waals surface area contributed by atoms with Crippen LogP contribution in [0.25, 0.3) is 0 Å². The molecular weight excluding hydrogens is 236 g/mol. The SMILES string of the molecule is Cc1ccccc1Cc1ncc(N)c(C(F)F)n1. The van der Waals surface area contributed by atoms with Crippen molar-refractivity contribution >= 4 is 5.69 Å². The Labute approximate surface area is 104 Å². The molecule has 3 nitrogen and oxygen atoms in total. The van der Waals surface area contributed by atoms with Crippen molar-refractivity contribution in [3.05, 3.63) is 53.1 Å². The Morgan fingerprint density at radius 3 is 2.67 bits per heavy atom. The highest BCUT2D eigenvalue weighted by atomic mass is 19.3. The van der Waals surface area contributed by atoms with Crippen LogP contribution >= 0.6 is 0 Å². The van der Waals surface area contributed by atoms with Crippen LogP contribution in [-0.2, 0) is 6.42 Å². The quantitative estimate of drug-likeness (QED) is 0.909. The highest BCUT2D eigenvalue weighted by molar-refractivity contribution is 5.41. The molecule has 2 aromatic rings. The maximum absolute atomic E-state index is 12.7. The van der Waals surface area contributed by atoms with E-state index >= 15 is 0 Å². The second kappa shape index (κ2) is 5.08. The van der Waals surface area contributed by atoms with Crippen LogP contribution in [0.1, 0.15) is 29.1 Å². The minimum absolute atomic E-state index is 0.0708. The number of nitrogens with zero attached hydrogens (tertiary/aromatic N) is 2. The number of nitrogens with two attached hydrogens (primary N) is 1. The lowest BCUT2D eigenvalue weighted by Crippen LogP contribution is -2.05. The van der Waals surface area contributed by atoms with Gasteiger partial charge in [0.05, 0.1) is 11.9 Å². The van der Waals surface area contributed by atoms with E-state index in [0.717, 1.165) is 11.1 Å². The van der Waals surface area contributed by atoms with Crippen molar-refractivity contribution in [3.63, 3.8) is 0 Å². The van der Waals surface area contributed by atoms with Crippen molar-refractivity contribution in [2.45, 2.75) is 19.8 Å². The first-order valence-electron chi connectivity index (χ1n) is 5.52. The number of alkyl halides is 2. The molecule has 1 aromatic heterocycles. The van der Waals surface area contributed by atoms with E-state index in [-0.39, 0.29) is 5.69 Å². The largest absolute Gasteiger partial charge is 0.396 e. The summed E-state index contributed by atoms with van der Waals surface area (Å²) in [5.41, 5.74) is 7.04. The molecule has 0 atom stereocenters. The zero-order chi connectivity index (χ0) is 13.1. The molecule has 0 saturated heterocycles. The second-order valence-corrected chi connectivity index (χ2v) is 4.03. The molecule has 0 bridgehead atoms. The van der Waals surface area contributed by atoms with Gasteiger partial charge >= 0.3 is 0 Å². The van der Waals surface area contributed by atoms with Crippen molar-refractivity contribution in [2.24, 2.45) is 0 Å². The first kappa shape index (κ1) is 12.4. The number of hydrogen-bond acceptors (Lipinski definition) is 3. The van der Waals surface area contributed by atoms with Gasteiger partial charge in [0.15, 0.2) is 0 Å². The van der Waals surface area contributed by atoms with Crippen LogP contribution in [0.2, 0.25) is 0 Å². The fourth-order valence-electron chi connectivity index (χ4n) is 1.68. The smallest absolute Gasteiger partial charge is 0.282 e. The van der Waals surface area contributed by atoms with Gasteiger partial charge < -0.3 is 5.73 Å². The molecule has 0 radical (unpaired) electrons. The number of rotatable bonds is 3. The van der Waals surface area contributed by atoms with Gasteiger partial charge in [-0.2, -0.15) is 0 Å². The van der Waals surface area contributed by atoms with Crippen molar-refractivity contribution in [3.8, 4) is 0 Å². The number of benzene rings is 1. The number of aromatic nitrogens is 2. The zero-order valence-corrected chi connectivity index (χ0v) is 9.90. The summed E-state index contributed by atoms with van der Waals surface area (Å²) in [5, 5.41) is 0. The molecule has 0 saturated carbocycles. The molecule has 1 aromatic carbocycles. The van der Waals surface area contributed by atoms with Gasteiger partial charge in [0.25, 0.3) is 6.43 Å². The number of aryl methyl sites for hydroxylation is 1. The Bertz CT molecular complexity index is 556. The summed E-state index contributed by atoms with van der Waals surface area (Å²) in [6.07, 6.45) is -1.02. The summed E-state index contributed by atoms with van der Waals surface area (Å²) >= 11 is 0. The van der Waals surface area contributed by atoms with Crippen molar-refractivity contribution in [2.75, 3.05) is 5.73 Å². The van der Waals surface area contributed by atoms with E-state index in [2.05, 4.69) is 9.97 Å². The molecule has 0 aliphatic heterocycles. The number of hydrogen-bond donors (Lipinski definition) is 1. The van der Waals surface area contributed by atoms with Gasteiger partial charge in [-0.15, -0.1) is 0 Å². The molecule has 2 rings (SSSR count). The number of anilines is 1. The third-order valence-electron chi connectivity index (χ3n) is 2.71. The molecule has 2 N–H and O–H groups in total. The lowest BCUT2D eigenvalue weighted by molar-refractivity contribution is 0.146. The molecule has 18 heavy (non-hydrogen) atoms. The fraction of sp³-hybridized carbons (Fsp3) is 0.231. The Morgan fingerprint density at radius 1 is 1.28 bits per heavy atom. The van der Waals surface area contributed by atoms with E-state index in [1.54, 1.807) is 0 Å². The minimum Gasteiger partial charge on any atom is -0.396 e. The van der Waals surface area contributed by atoms with E-state index in [1.807, 2.05) is 31.2 Å². The molecular formula is C13H13F2N3. The number of nitrogen functional groups attached to an aromatic ring is 1. The van der Waals surface area contributed by atoms with Crippen molar-refractivity contribution in [1.82, 2.24) is 9.97 Å². The topological polar surface area (TPSA) is 51.8 Å². The lowest BCUT2D eigenvalue weighted by Gasteiger charge is -2.07. The Hall–Kier alpha value is -2.04. The zero-order valence-electron chi connectivity index (χ0n) is 9.90. The highest BCUT2D eigenvalue weighted by Crippen LogP contribution is 2.22. The Kier molecular flexibility index (Phi) is 3.50. The molecule has 0 unspecified atom stereocenters. The number of halogens is 2. The average molecular weight is 249 g/mol. The second-order valence-electron chi connectivity index (χ2n) is 4.03. The van der Waals surface area contributed by atoms with E-state index < -0.39 is 12.1 Å². The third-order valence-corrected chi connectivity index (χ3v) is 2.71. The molecule has 0 amide bonds. The molecule has 0 aliphatic rings. The van der Waals surface area contributed by atoms with Crippen LogP contribution in [0.15, 0.2) is 30.5 Å². The molecule has 94 valence electrons. The van der Waals surface area contributed by atoms with Crippen LogP contribution in [0.3, 0.4) is 0 Å². The maximum atomic E-state index is 12.7. The monoisotopic (exact) mass is 249 g/mol. The summed E-state index contributed by atoms with van der Waals surface area (Å²) in [5.74, 6) is 0.355. The van der Waals surface area contributed by atoms with Gasteiger partial charge in [-0.05, 0) is 18.1 Å². The Morgan fingerprint density at radius 2 is 2.00 bits per heavy atom. The fourth-order valence-corrected chi connectivity index (χ4v) is 1.68. The van der Waals surface area contributed by atoms with Crippen LogP contribution in [0, 0.1) is 6.92 Å². The molecule has 0 spiro atoms. The maximum Gasteiger partial charge on any atom is 0.282 e. The lowest BCUT2D eigenvalue weighted by atomic mass is 10.1. The summed E-state index contributed by atoms with van der Waals surface area (Å²) in [4.78, 5) is 7.81. The van der Waals surface area contributed by atoms with E-state index in [9.17, 15) is 8.78 Å². The molecule has 0 fully saturated rings. The van der Waals surface area contributed by atoms with Gasteiger partial charge in [0.1, 0.15) is 11.5 Å². The first-order valence-corrected chi connectivity index (χ1v) is 5.52. The van der Waals surface area contributed by atoms with Crippen LogP contribution < -0.4 is 5.73 Å². The predicted molar refractivity (Wildman–Crippen MR) is 65.4 cm³/mol. The average Bonchev–Trinajstić information content (AvgIpc) is 2.34. The van der Waals surface area contributed by atoms with Crippen LogP contribution in [0.5, 0.6) is 0 Å².